The van der Waals surface area contributed by atoms with Gasteiger partial charge in [0, 0.05) is 18.1 Å². The van der Waals surface area contributed by atoms with Crippen molar-refractivity contribution in [2.75, 3.05) is 18.1 Å². The lowest BCUT2D eigenvalue weighted by atomic mass is 10.4. The van der Waals surface area contributed by atoms with Crippen molar-refractivity contribution in [3.63, 3.8) is 0 Å². The van der Waals surface area contributed by atoms with Gasteiger partial charge in [0.1, 0.15) is 12.6 Å². The molecule has 0 aliphatic carbocycles. The van der Waals surface area contributed by atoms with Crippen LogP contribution in [0.3, 0.4) is 0 Å². The zero-order valence-corrected chi connectivity index (χ0v) is 11.0. The van der Waals surface area contributed by atoms with E-state index < -0.39 is 0 Å². The summed E-state index contributed by atoms with van der Waals surface area (Å²) in [5.74, 6) is 2.96. The van der Waals surface area contributed by atoms with Gasteiger partial charge in [0.25, 0.3) is 0 Å². The van der Waals surface area contributed by atoms with Gasteiger partial charge in [0.15, 0.2) is 0 Å². The summed E-state index contributed by atoms with van der Waals surface area (Å²) in [6, 6.07) is 0. The number of nitrogens with zero attached hydrogens (tertiary/aromatic N) is 5. The fourth-order valence-electron chi connectivity index (χ4n) is 1.75. The maximum absolute atomic E-state index is 5.59. The van der Waals surface area contributed by atoms with Crippen molar-refractivity contribution in [2.24, 2.45) is 5.73 Å². The van der Waals surface area contributed by atoms with Crippen molar-refractivity contribution in [1.29, 1.82) is 0 Å². The Morgan fingerprint density at radius 2 is 2.47 bits per heavy atom. The lowest BCUT2D eigenvalue weighted by Gasteiger charge is -2.18. The van der Waals surface area contributed by atoms with Crippen LogP contribution in [-0.4, -0.2) is 43.2 Å². The van der Waals surface area contributed by atoms with E-state index >= 15 is 0 Å². The molecule has 1 saturated heterocycles. The predicted octanol–water partition coefficient (Wildman–Crippen LogP) is -0.0274. The zero-order valence-electron chi connectivity index (χ0n) is 10.2. The molecule has 2 aromatic rings. The van der Waals surface area contributed by atoms with Gasteiger partial charge in [-0.1, -0.05) is 10.4 Å². The number of hydrogen-bond donors (Lipinski definition) is 1. The predicted molar refractivity (Wildman–Crippen MR) is 67.3 cm³/mol. The number of thioether (sulfide) groups is 1. The molecule has 3 rings (SSSR count). The second-order valence-corrected chi connectivity index (χ2v) is 5.24. The fraction of sp³-hybridized carbons (Fsp3) is 0.600. The van der Waals surface area contributed by atoms with Gasteiger partial charge < -0.3 is 15.0 Å². The molecule has 8 nitrogen and oxygen atoms in total. The van der Waals surface area contributed by atoms with Crippen molar-refractivity contribution >= 4 is 11.8 Å². The van der Waals surface area contributed by atoms with Gasteiger partial charge in [-0.3, -0.25) is 0 Å². The molecule has 0 amide bonds. The molecule has 1 aliphatic heterocycles. The van der Waals surface area contributed by atoms with Crippen LogP contribution in [0.15, 0.2) is 10.7 Å². The molecular formula is C10H14N6O2S. The first-order chi connectivity index (χ1) is 9.35. The van der Waals surface area contributed by atoms with E-state index in [0.717, 1.165) is 23.8 Å². The standard InChI is InChI=1S/C10H14N6O2S/c11-3-7-4-16(15-13-7)5-9-12-10(14-18-9)8-6-19-2-1-17-8/h4,8H,1-3,5-6,11H2. The summed E-state index contributed by atoms with van der Waals surface area (Å²) in [6.45, 7) is 1.48. The molecule has 2 aromatic heterocycles. The summed E-state index contributed by atoms with van der Waals surface area (Å²) in [5, 5.41) is 11.8. The molecule has 0 saturated carbocycles. The van der Waals surface area contributed by atoms with Gasteiger partial charge in [-0.25, -0.2) is 4.68 Å². The molecule has 0 radical (unpaired) electrons. The first-order valence-corrected chi connectivity index (χ1v) is 7.11. The average molecular weight is 282 g/mol. The average Bonchev–Trinajstić information content (AvgIpc) is 3.09. The lowest BCUT2D eigenvalue weighted by molar-refractivity contribution is 0.0677. The molecule has 19 heavy (non-hydrogen) atoms. The molecule has 3 heterocycles. The second-order valence-electron chi connectivity index (χ2n) is 4.09. The summed E-state index contributed by atoms with van der Waals surface area (Å²) in [5.41, 5.74) is 6.20. The number of ether oxygens (including phenoxy) is 1. The Balaban J connectivity index is 1.67. The highest BCUT2D eigenvalue weighted by molar-refractivity contribution is 7.99. The minimum absolute atomic E-state index is 0.0772. The Bertz CT molecular complexity index is 536. The van der Waals surface area contributed by atoms with Gasteiger partial charge in [0.2, 0.25) is 11.7 Å². The van der Waals surface area contributed by atoms with E-state index in [1.165, 1.54) is 0 Å². The van der Waals surface area contributed by atoms with Crippen LogP contribution < -0.4 is 5.73 Å². The second kappa shape index (κ2) is 5.68. The first-order valence-electron chi connectivity index (χ1n) is 5.96. The van der Waals surface area contributed by atoms with Crippen LogP contribution in [0.1, 0.15) is 23.5 Å². The molecule has 1 unspecified atom stereocenters. The van der Waals surface area contributed by atoms with Gasteiger partial charge in [-0.15, -0.1) is 5.10 Å². The highest BCUT2D eigenvalue weighted by atomic mass is 32.2. The third kappa shape index (κ3) is 2.94. The van der Waals surface area contributed by atoms with Crippen molar-refractivity contribution in [3.8, 4) is 0 Å². The third-order valence-corrected chi connectivity index (χ3v) is 3.67. The Morgan fingerprint density at radius 1 is 1.53 bits per heavy atom. The highest BCUT2D eigenvalue weighted by Crippen LogP contribution is 2.24. The van der Waals surface area contributed by atoms with Gasteiger partial charge in [-0.05, 0) is 0 Å². The summed E-state index contributed by atoms with van der Waals surface area (Å²) in [4.78, 5) is 4.33. The zero-order chi connectivity index (χ0) is 13.1. The largest absolute Gasteiger partial charge is 0.368 e. The number of hydrogen-bond acceptors (Lipinski definition) is 8. The normalized spacial score (nSPS) is 19.7. The number of aromatic nitrogens is 5. The topological polar surface area (TPSA) is 105 Å². The minimum Gasteiger partial charge on any atom is -0.368 e. The van der Waals surface area contributed by atoms with E-state index in [2.05, 4.69) is 20.5 Å². The van der Waals surface area contributed by atoms with Crippen molar-refractivity contribution < 1.29 is 9.26 Å². The van der Waals surface area contributed by atoms with Crippen molar-refractivity contribution in [1.82, 2.24) is 25.1 Å². The maximum Gasteiger partial charge on any atom is 0.248 e. The van der Waals surface area contributed by atoms with Crippen LogP contribution in [0.25, 0.3) is 0 Å². The van der Waals surface area contributed by atoms with E-state index in [1.807, 2.05) is 11.8 Å². The minimum atomic E-state index is -0.0772. The van der Waals surface area contributed by atoms with E-state index in [9.17, 15) is 0 Å². The van der Waals surface area contributed by atoms with Gasteiger partial charge in [-0.2, -0.15) is 16.7 Å². The lowest BCUT2D eigenvalue weighted by Crippen LogP contribution is -2.16. The van der Waals surface area contributed by atoms with Crippen LogP contribution in [0, 0.1) is 0 Å². The maximum atomic E-state index is 5.59. The fourth-order valence-corrected chi connectivity index (χ4v) is 2.59. The van der Waals surface area contributed by atoms with Gasteiger partial charge in [0.05, 0.1) is 18.5 Å². The molecule has 9 heteroatoms. The Labute approximate surface area is 113 Å². The molecular weight excluding hydrogens is 268 g/mol. The molecule has 0 aromatic carbocycles. The summed E-state index contributed by atoms with van der Waals surface area (Å²) in [7, 11) is 0. The smallest absolute Gasteiger partial charge is 0.248 e. The molecule has 1 atom stereocenters. The van der Waals surface area contributed by atoms with E-state index in [-0.39, 0.29) is 6.10 Å². The van der Waals surface area contributed by atoms with Crippen molar-refractivity contribution in [3.05, 3.63) is 23.6 Å². The Hall–Kier alpha value is -1.45. The van der Waals surface area contributed by atoms with E-state index in [0.29, 0.717) is 24.8 Å². The molecule has 2 N–H and O–H groups in total. The Kier molecular flexibility index (Phi) is 3.76. The quantitative estimate of drug-likeness (QED) is 0.833. The van der Waals surface area contributed by atoms with Crippen LogP contribution in [0.4, 0.5) is 0 Å². The Morgan fingerprint density at radius 3 is 3.21 bits per heavy atom. The van der Waals surface area contributed by atoms with Gasteiger partial charge >= 0.3 is 0 Å². The third-order valence-electron chi connectivity index (χ3n) is 2.68. The highest BCUT2D eigenvalue weighted by Gasteiger charge is 2.22. The molecule has 0 spiro atoms. The number of rotatable bonds is 4. The molecule has 1 aliphatic rings. The molecule has 0 bridgehead atoms. The van der Waals surface area contributed by atoms with Crippen LogP contribution in [0.5, 0.6) is 0 Å². The van der Waals surface area contributed by atoms with E-state index in [1.54, 1.807) is 10.9 Å². The molecule has 1 fully saturated rings. The van der Waals surface area contributed by atoms with Crippen LogP contribution in [0.2, 0.25) is 0 Å². The summed E-state index contributed by atoms with van der Waals surface area (Å²) >= 11 is 1.83. The molecule has 102 valence electrons. The summed E-state index contributed by atoms with van der Waals surface area (Å²) in [6.07, 6.45) is 1.68. The van der Waals surface area contributed by atoms with Crippen LogP contribution in [-0.2, 0) is 17.8 Å². The van der Waals surface area contributed by atoms with E-state index in [4.69, 9.17) is 15.0 Å². The van der Waals surface area contributed by atoms with Crippen molar-refractivity contribution in [2.45, 2.75) is 19.2 Å². The SMILES string of the molecule is NCc1cn(Cc2nc(C3CSCCO3)no2)nn1. The number of nitrogens with two attached hydrogens (primary N) is 1. The van der Waals surface area contributed by atoms with Crippen LogP contribution >= 0.6 is 11.8 Å². The summed E-state index contributed by atoms with van der Waals surface area (Å²) < 4.78 is 12.4. The first kappa shape index (κ1) is 12.6. The monoisotopic (exact) mass is 282 g/mol.